The fourth-order valence-corrected chi connectivity index (χ4v) is 2.36. The molecule has 0 aromatic carbocycles. The second-order valence-corrected chi connectivity index (χ2v) is 6.76. The summed E-state index contributed by atoms with van der Waals surface area (Å²) in [6.07, 6.45) is -2.90. The van der Waals surface area contributed by atoms with E-state index in [4.69, 9.17) is 9.47 Å². The summed E-state index contributed by atoms with van der Waals surface area (Å²) in [6, 6.07) is -0.858. The number of aliphatic hydroxyl groups is 2. The smallest absolute Gasteiger partial charge is 0.252 e. The van der Waals surface area contributed by atoms with E-state index in [0.29, 0.717) is 0 Å². The molecule has 0 aromatic heterocycles. The largest absolute Gasteiger partial charge is 0.394 e. The van der Waals surface area contributed by atoms with Gasteiger partial charge in [0.15, 0.2) is 18.5 Å². The van der Waals surface area contributed by atoms with Crippen molar-refractivity contribution in [1.29, 1.82) is 0 Å². The van der Waals surface area contributed by atoms with E-state index in [9.17, 15) is 19.8 Å². The second kappa shape index (κ2) is 9.31. The van der Waals surface area contributed by atoms with Crippen LogP contribution in [0.3, 0.4) is 0 Å². The first kappa shape index (κ1) is 20.8. The lowest BCUT2D eigenvalue weighted by atomic mass is 10.0. The maximum atomic E-state index is 12.4. The van der Waals surface area contributed by atoms with Crippen molar-refractivity contribution in [2.75, 3.05) is 13.2 Å². The van der Waals surface area contributed by atoms with Crippen LogP contribution >= 0.6 is 0 Å². The van der Waals surface area contributed by atoms with E-state index < -0.39 is 42.4 Å². The molecule has 4 atom stereocenters. The maximum Gasteiger partial charge on any atom is 0.252 e. The first-order valence-electron chi connectivity index (χ1n) is 8.34. The van der Waals surface area contributed by atoms with E-state index in [0.717, 1.165) is 0 Å². The number of aliphatic hydroxyl groups excluding tert-OH is 2. The van der Waals surface area contributed by atoms with Crippen LogP contribution in [0.25, 0.3) is 0 Å². The predicted molar refractivity (Wildman–Crippen MR) is 86.9 cm³/mol. The SMILES string of the molecule is CC1O[C@@H](C(=O)N[C@H](CO)C(C)C)[C@H](C(=O)N[C@H](CO)C(C)C)O1. The van der Waals surface area contributed by atoms with E-state index in [1.807, 2.05) is 27.7 Å². The highest BCUT2D eigenvalue weighted by atomic mass is 16.7. The normalized spacial score (nSPS) is 24.2. The maximum absolute atomic E-state index is 12.4. The zero-order valence-corrected chi connectivity index (χ0v) is 15.0. The van der Waals surface area contributed by atoms with Crippen LogP contribution in [0.4, 0.5) is 0 Å². The van der Waals surface area contributed by atoms with Crippen LogP contribution in [0.15, 0.2) is 0 Å². The number of carbonyl (C=O) groups is 2. The van der Waals surface area contributed by atoms with E-state index in [2.05, 4.69) is 10.6 Å². The van der Waals surface area contributed by atoms with Gasteiger partial charge < -0.3 is 30.3 Å². The van der Waals surface area contributed by atoms with Crippen molar-refractivity contribution in [3.05, 3.63) is 0 Å². The number of hydrogen-bond donors (Lipinski definition) is 4. The molecule has 0 bridgehead atoms. The third-order valence-corrected chi connectivity index (χ3v) is 4.13. The standard InChI is InChI=1S/C16H30N2O6/c1-8(2)11(6-19)17-15(21)13-14(24-10(5)23-13)16(22)18-12(7-20)9(3)4/h8-14,19-20H,6-7H2,1-5H3,(H,17,21)(H,18,22)/t11-,12-,13-,14-/m1/s1. The van der Waals surface area contributed by atoms with Crippen LogP contribution in [0.5, 0.6) is 0 Å². The first-order valence-corrected chi connectivity index (χ1v) is 8.34. The summed E-state index contributed by atoms with van der Waals surface area (Å²) in [4.78, 5) is 24.8. The van der Waals surface area contributed by atoms with E-state index in [1.165, 1.54) is 0 Å². The molecule has 24 heavy (non-hydrogen) atoms. The van der Waals surface area contributed by atoms with Crippen molar-refractivity contribution >= 4 is 11.8 Å². The molecule has 0 aromatic rings. The molecule has 4 N–H and O–H groups in total. The third kappa shape index (κ3) is 5.41. The first-order chi connectivity index (χ1) is 11.2. The Balaban J connectivity index is 2.78. The molecule has 1 rings (SSSR count). The van der Waals surface area contributed by atoms with Crippen LogP contribution in [0.1, 0.15) is 34.6 Å². The van der Waals surface area contributed by atoms with Crippen LogP contribution in [0.2, 0.25) is 0 Å². The number of hydrogen-bond acceptors (Lipinski definition) is 6. The second-order valence-electron chi connectivity index (χ2n) is 6.76. The molecule has 1 saturated heterocycles. The molecule has 0 radical (unpaired) electrons. The van der Waals surface area contributed by atoms with Crippen molar-refractivity contribution in [2.45, 2.75) is 65.2 Å². The van der Waals surface area contributed by atoms with Crippen LogP contribution in [-0.2, 0) is 19.1 Å². The van der Waals surface area contributed by atoms with Gasteiger partial charge in [0.1, 0.15) is 0 Å². The molecule has 0 spiro atoms. The Morgan fingerprint density at radius 2 is 1.21 bits per heavy atom. The average molecular weight is 346 g/mol. The fourth-order valence-electron chi connectivity index (χ4n) is 2.36. The Morgan fingerprint density at radius 3 is 1.46 bits per heavy atom. The zero-order chi connectivity index (χ0) is 18.4. The van der Waals surface area contributed by atoms with Gasteiger partial charge in [0.05, 0.1) is 25.3 Å². The van der Waals surface area contributed by atoms with Gasteiger partial charge in [0.25, 0.3) is 11.8 Å². The average Bonchev–Trinajstić information content (AvgIpc) is 2.91. The molecular formula is C16H30N2O6. The van der Waals surface area contributed by atoms with Gasteiger partial charge in [-0.15, -0.1) is 0 Å². The summed E-state index contributed by atoms with van der Waals surface area (Å²) in [5.41, 5.74) is 0. The summed E-state index contributed by atoms with van der Waals surface area (Å²) in [7, 11) is 0. The van der Waals surface area contributed by atoms with Crippen LogP contribution < -0.4 is 10.6 Å². The van der Waals surface area contributed by atoms with Gasteiger partial charge in [-0.3, -0.25) is 9.59 Å². The summed E-state index contributed by atoms with van der Waals surface area (Å²) in [6.45, 7) is 8.67. The summed E-state index contributed by atoms with van der Waals surface area (Å²) in [5.74, 6) is -0.939. The van der Waals surface area contributed by atoms with Crippen molar-refractivity contribution in [3.8, 4) is 0 Å². The minimum Gasteiger partial charge on any atom is -0.394 e. The van der Waals surface area contributed by atoms with Gasteiger partial charge >= 0.3 is 0 Å². The molecule has 1 aliphatic heterocycles. The predicted octanol–water partition coefficient (Wildman–Crippen LogP) is -0.617. The van der Waals surface area contributed by atoms with Gasteiger partial charge in [-0.2, -0.15) is 0 Å². The molecule has 1 fully saturated rings. The van der Waals surface area contributed by atoms with Gasteiger partial charge in [-0.05, 0) is 18.8 Å². The van der Waals surface area contributed by atoms with Gasteiger partial charge in [-0.25, -0.2) is 0 Å². The molecular weight excluding hydrogens is 316 g/mol. The molecule has 0 unspecified atom stereocenters. The zero-order valence-electron chi connectivity index (χ0n) is 15.0. The molecule has 1 aliphatic rings. The molecule has 8 nitrogen and oxygen atoms in total. The minimum atomic E-state index is -1.10. The number of amides is 2. The Kier molecular flexibility index (Phi) is 8.08. The number of nitrogens with one attached hydrogen (secondary N) is 2. The number of rotatable bonds is 8. The Morgan fingerprint density at radius 1 is 0.875 bits per heavy atom. The van der Waals surface area contributed by atoms with Crippen molar-refractivity contribution in [2.24, 2.45) is 11.8 Å². The fraction of sp³-hybridized carbons (Fsp3) is 0.875. The van der Waals surface area contributed by atoms with Crippen LogP contribution in [-0.4, -0.2) is 65.8 Å². The number of ether oxygens (including phenoxy) is 2. The molecule has 140 valence electrons. The quantitative estimate of drug-likeness (QED) is 0.465. The van der Waals surface area contributed by atoms with E-state index in [1.54, 1.807) is 6.92 Å². The lowest BCUT2D eigenvalue weighted by Gasteiger charge is -2.25. The highest BCUT2D eigenvalue weighted by Crippen LogP contribution is 2.20. The third-order valence-electron chi connectivity index (χ3n) is 4.13. The van der Waals surface area contributed by atoms with Crippen molar-refractivity contribution in [3.63, 3.8) is 0 Å². The Labute approximate surface area is 142 Å². The van der Waals surface area contributed by atoms with Crippen molar-refractivity contribution in [1.82, 2.24) is 10.6 Å². The number of carbonyl (C=O) groups excluding carboxylic acids is 2. The summed E-state index contributed by atoms with van der Waals surface area (Å²) >= 11 is 0. The summed E-state index contributed by atoms with van der Waals surface area (Å²) < 4.78 is 10.8. The lowest BCUT2D eigenvalue weighted by Crippen LogP contribution is -2.54. The van der Waals surface area contributed by atoms with E-state index >= 15 is 0 Å². The molecule has 0 aliphatic carbocycles. The van der Waals surface area contributed by atoms with Crippen LogP contribution in [0, 0.1) is 11.8 Å². The molecule has 8 heteroatoms. The topological polar surface area (TPSA) is 117 Å². The van der Waals surface area contributed by atoms with Gasteiger partial charge in [0.2, 0.25) is 0 Å². The molecule has 0 saturated carbocycles. The minimum absolute atomic E-state index is 0.0330. The summed E-state index contributed by atoms with van der Waals surface area (Å²) in [5, 5.41) is 24.0. The Hall–Kier alpha value is -1.22. The van der Waals surface area contributed by atoms with Gasteiger partial charge in [0, 0.05) is 0 Å². The highest BCUT2D eigenvalue weighted by molar-refractivity contribution is 5.91. The van der Waals surface area contributed by atoms with Crippen molar-refractivity contribution < 1.29 is 29.3 Å². The Bertz CT molecular complexity index is 391. The van der Waals surface area contributed by atoms with Gasteiger partial charge in [-0.1, -0.05) is 27.7 Å². The highest BCUT2D eigenvalue weighted by Gasteiger charge is 2.44. The molecule has 1 heterocycles. The monoisotopic (exact) mass is 346 g/mol. The molecule has 2 amide bonds. The van der Waals surface area contributed by atoms with E-state index in [-0.39, 0.29) is 25.0 Å². The lowest BCUT2D eigenvalue weighted by molar-refractivity contribution is -0.138.